The second-order valence-corrected chi connectivity index (χ2v) is 8.10. The predicted octanol–water partition coefficient (Wildman–Crippen LogP) is 1.98. The van der Waals surface area contributed by atoms with E-state index < -0.39 is 0 Å². The highest BCUT2D eigenvalue weighted by molar-refractivity contribution is 7.99. The molecule has 2 aliphatic rings. The number of halogens is 1. The number of rotatable bonds is 5. The van der Waals surface area contributed by atoms with E-state index in [1.165, 1.54) is 12.1 Å². The zero-order chi connectivity index (χ0) is 18.5. The van der Waals surface area contributed by atoms with E-state index in [0.717, 1.165) is 37.4 Å². The number of piperidine rings is 1. The lowest BCUT2D eigenvalue weighted by Crippen LogP contribution is -2.58. The Morgan fingerprint density at radius 1 is 1.35 bits per heavy atom. The van der Waals surface area contributed by atoms with Gasteiger partial charge in [0.05, 0.1) is 6.54 Å². The topological polar surface area (TPSA) is 52.7 Å². The molecule has 2 saturated heterocycles. The Morgan fingerprint density at radius 3 is 2.85 bits per heavy atom. The molecule has 2 amide bonds. The summed E-state index contributed by atoms with van der Waals surface area (Å²) in [7, 11) is 0. The number of benzene rings is 1. The van der Waals surface area contributed by atoms with Crippen molar-refractivity contribution in [2.45, 2.75) is 30.7 Å². The molecule has 1 aromatic carbocycles. The van der Waals surface area contributed by atoms with Gasteiger partial charge in [-0.2, -0.15) is 0 Å². The van der Waals surface area contributed by atoms with Crippen LogP contribution in [0.25, 0.3) is 0 Å². The van der Waals surface area contributed by atoms with E-state index in [1.807, 2.05) is 16.7 Å². The predicted molar refractivity (Wildman–Crippen MR) is 100 cm³/mol. The highest BCUT2D eigenvalue weighted by atomic mass is 32.2. The summed E-state index contributed by atoms with van der Waals surface area (Å²) in [6.45, 7) is 5.29. The van der Waals surface area contributed by atoms with Gasteiger partial charge in [-0.25, -0.2) is 4.39 Å². The van der Waals surface area contributed by atoms with Gasteiger partial charge in [-0.3, -0.25) is 9.59 Å². The minimum Gasteiger partial charge on any atom is -0.340 e. The minimum absolute atomic E-state index is 0.109. The molecule has 3 rings (SSSR count). The molecule has 0 saturated carbocycles. The van der Waals surface area contributed by atoms with E-state index in [4.69, 9.17) is 0 Å². The number of hydrogen-bond acceptors (Lipinski definition) is 4. The van der Waals surface area contributed by atoms with Gasteiger partial charge in [-0.1, -0.05) is 6.92 Å². The molecule has 0 aliphatic carbocycles. The van der Waals surface area contributed by atoms with Crippen LogP contribution in [-0.4, -0.2) is 66.1 Å². The molecule has 0 spiro atoms. The lowest BCUT2D eigenvalue weighted by Gasteiger charge is -2.41. The van der Waals surface area contributed by atoms with E-state index in [1.54, 1.807) is 23.9 Å². The number of nitrogens with one attached hydrogen (secondary N) is 1. The zero-order valence-electron chi connectivity index (χ0n) is 15.1. The van der Waals surface area contributed by atoms with Crippen LogP contribution in [0.2, 0.25) is 0 Å². The van der Waals surface area contributed by atoms with Gasteiger partial charge in [-0.15, -0.1) is 11.8 Å². The van der Waals surface area contributed by atoms with E-state index in [0.29, 0.717) is 18.8 Å². The summed E-state index contributed by atoms with van der Waals surface area (Å²) >= 11 is 1.57. The quantitative estimate of drug-likeness (QED) is 0.795. The molecule has 2 aliphatic heterocycles. The van der Waals surface area contributed by atoms with Crippen LogP contribution in [-0.2, 0) is 9.59 Å². The maximum atomic E-state index is 13.0. The van der Waals surface area contributed by atoms with Crippen molar-refractivity contribution in [1.82, 2.24) is 15.1 Å². The van der Waals surface area contributed by atoms with Gasteiger partial charge in [0, 0.05) is 48.8 Å². The molecule has 1 aromatic rings. The van der Waals surface area contributed by atoms with Gasteiger partial charge in [0.2, 0.25) is 11.8 Å². The van der Waals surface area contributed by atoms with Crippen molar-refractivity contribution < 1.29 is 14.0 Å². The third-order valence-electron chi connectivity index (χ3n) is 5.01. The van der Waals surface area contributed by atoms with Crippen molar-refractivity contribution >= 4 is 23.6 Å². The summed E-state index contributed by atoms with van der Waals surface area (Å²) < 4.78 is 13.0. The summed E-state index contributed by atoms with van der Waals surface area (Å²) in [5, 5.41) is 3.09. The first kappa shape index (κ1) is 19.2. The molecule has 2 fully saturated rings. The maximum absolute atomic E-state index is 13.0. The number of thioether (sulfide) groups is 1. The van der Waals surface area contributed by atoms with Crippen LogP contribution in [0.1, 0.15) is 19.8 Å². The van der Waals surface area contributed by atoms with E-state index in [9.17, 15) is 14.0 Å². The maximum Gasteiger partial charge on any atom is 0.236 e. The Labute approximate surface area is 158 Å². The highest BCUT2D eigenvalue weighted by Gasteiger charge is 2.32. The van der Waals surface area contributed by atoms with Crippen molar-refractivity contribution in [1.29, 1.82) is 0 Å². The summed E-state index contributed by atoms with van der Waals surface area (Å²) in [6.07, 6.45) is 1.90. The molecule has 0 radical (unpaired) electrons. The molecule has 7 heteroatoms. The van der Waals surface area contributed by atoms with Crippen molar-refractivity contribution in [3.63, 3.8) is 0 Å². The normalized spacial score (nSPS) is 22.4. The number of amides is 2. The van der Waals surface area contributed by atoms with Gasteiger partial charge >= 0.3 is 0 Å². The molecular weight excluding hydrogens is 353 g/mol. The molecule has 2 heterocycles. The fourth-order valence-electron chi connectivity index (χ4n) is 3.55. The average molecular weight is 380 g/mol. The monoisotopic (exact) mass is 379 g/mol. The van der Waals surface area contributed by atoms with E-state index in [-0.39, 0.29) is 29.6 Å². The molecule has 0 bridgehead atoms. The van der Waals surface area contributed by atoms with Crippen LogP contribution in [0.3, 0.4) is 0 Å². The molecular formula is C19H26FN3O2S. The number of carbonyl (C=O) groups is 2. The largest absolute Gasteiger partial charge is 0.340 e. The molecule has 26 heavy (non-hydrogen) atoms. The van der Waals surface area contributed by atoms with Crippen LogP contribution < -0.4 is 5.32 Å². The smallest absolute Gasteiger partial charge is 0.236 e. The Hall–Kier alpha value is -1.60. The van der Waals surface area contributed by atoms with Crippen LogP contribution in [0.5, 0.6) is 0 Å². The molecule has 0 aromatic heterocycles. The number of carbonyl (C=O) groups excluding carboxylic acids is 2. The Morgan fingerprint density at radius 2 is 2.12 bits per heavy atom. The lowest BCUT2D eigenvalue weighted by molar-refractivity contribution is -0.142. The van der Waals surface area contributed by atoms with Gasteiger partial charge in [0.15, 0.2) is 0 Å². The first-order valence-corrected chi connectivity index (χ1v) is 10.2. The Kier molecular flexibility index (Phi) is 6.53. The van der Waals surface area contributed by atoms with Gasteiger partial charge in [0.1, 0.15) is 5.82 Å². The second kappa shape index (κ2) is 8.86. The van der Waals surface area contributed by atoms with E-state index >= 15 is 0 Å². The standard InChI is InChI=1S/C19H26FN3O2S/c1-14(13-26-17-6-4-15(20)5-7-17)19(25)22-9-2-3-16(12-22)23-10-8-21-11-18(23)24/h4-7,14,16,21H,2-3,8-13H2,1H3. The summed E-state index contributed by atoms with van der Waals surface area (Å²) in [5.74, 6) is 0.586. The molecule has 1 N–H and O–H groups in total. The fraction of sp³-hybridized carbons (Fsp3) is 0.579. The number of piperazine rings is 1. The van der Waals surface area contributed by atoms with Crippen LogP contribution in [0.15, 0.2) is 29.2 Å². The zero-order valence-corrected chi connectivity index (χ0v) is 15.9. The van der Waals surface area contributed by atoms with Crippen LogP contribution in [0.4, 0.5) is 4.39 Å². The fourth-order valence-corrected chi connectivity index (χ4v) is 4.47. The van der Waals surface area contributed by atoms with Gasteiger partial charge in [-0.05, 0) is 37.1 Å². The van der Waals surface area contributed by atoms with Crippen LogP contribution >= 0.6 is 11.8 Å². The first-order chi connectivity index (χ1) is 12.5. The summed E-state index contributed by atoms with van der Waals surface area (Å²) in [6, 6.07) is 6.50. The van der Waals surface area contributed by atoms with Crippen molar-refractivity contribution in [2.24, 2.45) is 5.92 Å². The average Bonchev–Trinajstić information content (AvgIpc) is 2.67. The first-order valence-electron chi connectivity index (χ1n) is 9.22. The molecule has 142 valence electrons. The number of hydrogen-bond donors (Lipinski definition) is 1. The lowest BCUT2D eigenvalue weighted by atomic mass is 10.0. The molecule has 2 unspecified atom stereocenters. The Bertz CT molecular complexity index is 640. The summed E-state index contributed by atoms with van der Waals surface area (Å²) in [4.78, 5) is 29.8. The SMILES string of the molecule is CC(CSc1ccc(F)cc1)C(=O)N1CCCC(N2CCNCC2=O)C1. The number of likely N-dealkylation sites (tertiary alicyclic amines) is 1. The second-order valence-electron chi connectivity index (χ2n) is 7.01. The third-order valence-corrected chi connectivity index (χ3v) is 6.28. The molecule has 5 nitrogen and oxygen atoms in total. The Balaban J connectivity index is 1.52. The van der Waals surface area contributed by atoms with Crippen molar-refractivity contribution in [3.8, 4) is 0 Å². The molecule has 2 atom stereocenters. The van der Waals surface area contributed by atoms with Gasteiger partial charge in [0.25, 0.3) is 0 Å². The minimum atomic E-state index is -0.250. The van der Waals surface area contributed by atoms with Crippen molar-refractivity contribution in [2.75, 3.05) is 38.5 Å². The highest BCUT2D eigenvalue weighted by Crippen LogP contribution is 2.24. The third kappa shape index (κ3) is 4.76. The number of nitrogens with zero attached hydrogens (tertiary/aromatic N) is 2. The van der Waals surface area contributed by atoms with Gasteiger partial charge < -0.3 is 15.1 Å². The van der Waals surface area contributed by atoms with E-state index in [2.05, 4.69) is 5.32 Å². The van der Waals surface area contributed by atoms with Crippen molar-refractivity contribution in [3.05, 3.63) is 30.1 Å². The van der Waals surface area contributed by atoms with Crippen LogP contribution in [0, 0.1) is 11.7 Å². The summed E-state index contributed by atoms with van der Waals surface area (Å²) in [5.41, 5.74) is 0.